The molecule has 1 amide bonds. The second kappa shape index (κ2) is 5.73. The Kier molecular flexibility index (Phi) is 3.95. The molecule has 2 heterocycles. The number of likely N-dealkylation sites (tertiary alicyclic amines) is 1. The number of ether oxygens (including phenoxy) is 1. The van der Waals surface area contributed by atoms with Gasteiger partial charge in [-0.2, -0.15) is 0 Å². The molecule has 0 aromatic heterocycles. The average molecular weight is 293 g/mol. The van der Waals surface area contributed by atoms with Gasteiger partial charge in [0.1, 0.15) is 11.4 Å². The number of halogens is 1. The largest absolute Gasteiger partial charge is 0.390 e. The third-order valence-corrected chi connectivity index (χ3v) is 4.47. The van der Waals surface area contributed by atoms with E-state index in [4.69, 9.17) is 4.74 Å². The molecule has 1 N–H and O–H groups in total. The van der Waals surface area contributed by atoms with E-state index in [1.807, 2.05) is 0 Å². The van der Waals surface area contributed by atoms with Gasteiger partial charge in [-0.1, -0.05) is 12.1 Å². The molecule has 1 aromatic rings. The molecule has 4 nitrogen and oxygen atoms in total. The molecule has 2 aliphatic rings. The molecule has 114 valence electrons. The van der Waals surface area contributed by atoms with Crippen molar-refractivity contribution in [3.05, 3.63) is 35.6 Å². The number of carbonyl (C=O) groups excluding carboxylic acids is 1. The Bertz CT molecular complexity index is 528. The minimum absolute atomic E-state index is 0.0395. The van der Waals surface area contributed by atoms with Crippen LogP contribution in [0, 0.1) is 5.82 Å². The Morgan fingerprint density at radius 2 is 2.38 bits per heavy atom. The first-order chi connectivity index (χ1) is 10.1. The number of hydrogen-bond acceptors (Lipinski definition) is 3. The first kappa shape index (κ1) is 14.5. The van der Waals surface area contributed by atoms with Gasteiger partial charge in [0, 0.05) is 13.2 Å². The summed E-state index contributed by atoms with van der Waals surface area (Å²) in [6.45, 7) is 1.60. The van der Waals surface area contributed by atoms with E-state index in [2.05, 4.69) is 0 Å². The molecule has 0 radical (unpaired) electrons. The van der Waals surface area contributed by atoms with Gasteiger partial charge >= 0.3 is 0 Å². The van der Waals surface area contributed by atoms with E-state index >= 15 is 0 Å². The topological polar surface area (TPSA) is 49.8 Å². The Hall–Kier alpha value is -1.46. The van der Waals surface area contributed by atoms with Crippen LogP contribution in [-0.2, 0) is 16.0 Å². The second-order valence-corrected chi connectivity index (χ2v) is 5.94. The summed E-state index contributed by atoms with van der Waals surface area (Å²) in [6, 6.07) is 6.12. The van der Waals surface area contributed by atoms with Gasteiger partial charge in [0.25, 0.3) is 0 Å². The number of piperidine rings is 1. The van der Waals surface area contributed by atoms with Gasteiger partial charge in [0.15, 0.2) is 0 Å². The standard InChI is InChI=1S/C16H20FNO3/c17-13-4-1-3-12(9-13)10-15(20)18-7-5-14(19)16(11-18)6-2-8-21-16/h1,3-4,9,14,19H,2,5-8,10-11H2/t14-,16-/m0/s1. The lowest BCUT2D eigenvalue weighted by Gasteiger charge is -2.43. The number of rotatable bonds is 2. The number of aliphatic hydroxyl groups is 1. The molecule has 3 rings (SSSR count). The predicted molar refractivity (Wildman–Crippen MR) is 75.2 cm³/mol. The molecular weight excluding hydrogens is 273 g/mol. The Balaban J connectivity index is 1.67. The van der Waals surface area contributed by atoms with Crippen LogP contribution in [0.5, 0.6) is 0 Å². The first-order valence-corrected chi connectivity index (χ1v) is 7.43. The zero-order valence-electron chi connectivity index (χ0n) is 11.9. The second-order valence-electron chi connectivity index (χ2n) is 5.94. The summed E-state index contributed by atoms with van der Waals surface area (Å²) < 4.78 is 18.9. The number of hydrogen-bond donors (Lipinski definition) is 1. The molecule has 0 bridgehead atoms. The van der Waals surface area contributed by atoms with Crippen LogP contribution in [0.4, 0.5) is 4.39 Å². The highest BCUT2D eigenvalue weighted by Crippen LogP contribution is 2.34. The molecule has 2 saturated heterocycles. The number of benzene rings is 1. The summed E-state index contributed by atoms with van der Waals surface area (Å²) in [6.07, 6.45) is 1.93. The fraction of sp³-hybridized carbons (Fsp3) is 0.562. The van der Waals surface area contributed by atoms with Crippen molar-refractivity contribution in [3.8, 4) is 0 Å². The van der Waals surface area contributed by atoms with Crippen LogP contribution >= 0.6 is 0 Å². The number of carbonyl (C=O) groups is 1. The fourth-order valence-electron chi connectivity index (χ4n) is 3.30. The van der Waals surface area contributed by atoms with Gasteiger partial charge in [-0.05, 0) is 37.0 Å². The molecule has 1 aromatic carbocycles. The van der Waals surface area contributed by atoms with E-state index in [1.165, 1.54) is 12.1 Å². The van der Waals surface area contributed by atoms with Gasteiger partial charge in [-0.25, -0.2) is 4.39 Å². The van der Waals surface area contributed by atoms with Crippen molar-refractivity contribution in [2.24, 2.45) is 0 Å². The van der Waals surface area contributed by atoms with Gasteiger partial charge in [-0.15, -0.1) is 0 Å². The van der Waals surface area contributed by atoms with E-state index in [1.54, 1.807) is 17.0 Å². The van der Waals surface area contributed by atoms with Gasteiger partial charge < -0.3 is 14.7 Å². The molecule has 0 unspecified atom stereocenters. The minimum atomic E-state index is -0.587. The highest BCUT2D eigenvalue weighted by molar-refractivity contribution is 5.79. The first-order valence-electron chi connectivity index (χ1n) is 7.43. The lowest BCUT2D eigenvalue weighted by atomic mass is 9.87. The van der Waals surface area contributed by atoms with Crippen LogP contribution in [-0.4, -0.2) is 47.3 Å². The van der Waals surface area contributed by atoms with E-state index in [9.17, 15) is 14.3 Å². The van der Waals surface area contributed by atoms with Gasteiger partial charge in [-0.3, -0.25) is 4.79 Å². The van der Waals surface area contributed by atoms with Crippen LogP contribution in [0.1, 0.15) is 24.8 Å². The lowest BCUT2D eigenvalue weighted by molar-refractivity contribution is -0.154. The van der Waals surface area contributed by atoms with Crippen molar-refractivity contribution in [1.29, 1.82) is 0 Å². The molecule has 21 heavy (non-hydrogen) atoms. The van der Waals surface area contributed by atoms with Crippen molar-refractivity contribution in [2.75, 3.05) is 19.7 Å². The van der Waals surface area contributed by atoms with Crippen molar-refractivity contribution in [1.82, 2.24) is 4.90 Å². The maximum absolute atomic E-state index is 13.2. The average Bonchev–Trinajstić information content (AvgIpc) is 2.91. The van der Waals surface area contributed by atoms with Crippen LogP contribution in [0.2, 0.25) is 0 Å². The number of amides is 1. The zero-order chi connectivity index (χ0) is 14.9. The van der Waals surface area contributed by atoms with Crippen molar-refractivity contribution < 1.29 is 19.0 Å². The van der Waals surface area contributed by atoms with Crippen molar-refractivity contribution in [2.45, 2.75) is 37.4 Å². The van der Waals surface area contributed by atoms with E-state index in [0.29, 0.717) is 31.7 Å². The van der Waals surface area contributed by atoms with E-state index < -0.39 is 11.7 Å². The molecular formula is C16H20FNO3. The predicted octanol–water partition coefficient (Wildman–Crippen LogP) is 1.51. The Labute approximate surface area is 123 Å². The highest BCUT2D eigenvalue weighted by Gasteiger charge is 2.47. The molecule has 5 heteroatoms. The lowest BCUT2D eigenvalue weighted by Crippen LogP contribution is -2.58. The van der Waals surface area contributed by atoms with Gasteiger partial charge in [0.05, 0.1) is 19.1 Å². The third-order valence-electron chi connectivity index (χ3n) is 4.47. The summed E-state index contributed by atoms with van der Waals surface area (Å²) >= 11 is 0. The van der Waals surface area contributed by atoms with E-state index in [0.717, 1.165) is 12.8 Å². The Morgan fingerprint density at radius 1 is 1.52 bits per heavy atom. The molecule has 2 atom stereocenters. The fourth-order valence-corrected chi connectivity index (χ4v) is 3.30. The van der Waals surface area contributed by atoms with Crippen LogP contribution in [0.3, 0.4) is 0 Å². The maximum Gasteiger partial charge on any atom is 0.227 e. The van der Waals surface area contributed by atoms with Crippen LogP contribution < -0.4 is 0 Å². The zero-order valence-corrected chi connectivity index (χ0v) is 11.9. The molecule has 0 aliphatic carbocycles. The van der Waals surface area contributed by atoms with Crippen LogP contribution in [0.15, 0.2) is 24.3 Å². The SMILES string of the molecule is O=C(Cc1cccc(F)c1)N1CC[C@H](O)[C@]2(CCCO2)C1. The van der Waals surface area contributed by atoms with Crippen molar-refractivity contribution in [3.63, 3.8) is 0 Å². The number of nitrogens with zero attached hydrogens (tertiary/aromatic N) is 1. The summed E-state index contributed by atoms with van der Waals surface area (Å²) in [5.74, 6) is -0.368. The molecule has 0 saturated carbocycles. The third kappa shape index (κ3) is 2.94. The smallest absolute Gasteiger partial charge is 0.227 e. The molecule has 1 spiro atoms. The quantitative estimate of drug-likeness (QED) is 0.899. The van der Waals surface area contributed by atoms with E-state index in [-0.39, 0.29) is 18.1 Å². The molecule has 2 fully saturated rings. The summed E-state index contributed by atoms with van der Waals surface area (Å²) in [5, 5.41) is 10.2. The highest BCUT2D eigenvalue weighted by atomic mass is 19.1. The van der Waals surface area contributed by atoms with Crippen LogP contribution in [0.25, 0.3) is 0 Å². The normalized spacial score (nSPS) is 29.0. The van der Waals surface area contributed by atoms with Crippen molar-refractivity contribution >= 4 is 5.91 Å². The Morgan fingerprint density at radius 3 is 3.10 bits per heavy atom. The summed E-state index contributed by atoms with van der Waals surface area (Å²) in [4.78, 5) is 14.1. The number of aliphatic hydroxyl groups excluding tert-OH is 1. The maximum atomic E-state index is 13.2. The molecule has 2 aliphatic heterocycles. The minimum Gasteiger partial charge on any atom is -0.390 e. The summed E-state index contributed by atoms with van der Waals surface area (Å²) in [7, 11) is 0. The summed E-state index contributed by atoms with van der Waals surface area (Å²) in [5.41, 5.74) is 0.0862. The van der Waals surface area contributed by atoms with Gasteiger partial charge in [0.2, 0.25) is 5.91 Å². The monoisotopic (exact) mass is 293 g/mol.